The van der Waals surface area contributed by atoms with Gasteiger partial charge in [-0.15, -0.1) is 0 Å². The highest BCUT2D eigenvalue weighted by Crippen LogP contribution is 2.29. The Balaban J connectivity index is 0.000000250. The first-order valence-corrected chi connectivity index (χ1v) is 33.3. The van der Waals surface area contributed by atoms with Crippen LogP contribution in [0.4, 0.5) is 4.79 Å². The third kappa shape index (κ3) is 23.6. The number of aliphatic carboxylic acids is 1. The lowest BCUT2D eigenvalue weighted by Crippen LogP contribution is -2.46. The fourth-order valence-corrected chi connectivity index (χ4v) is 10.9. The number of carboxylic acid groups (broad SMARTS) is 1. The van der Waals surface area contributed by atoms with Crippen molar-refractivity contribution in [3.63, 3.8) is 0 Å². The zero-order valence-corrected chi connectivity index (χ0v) is 55.5. The summed E-state index contributed by atoms with van der Waals surface area (Å²) in [7, 11) is 0. The van der Waals surface area contributed by atoms with Crippen LogP contribution < -0.4 is 14.8 Å². The quantitative estimate of drug-likeness (QED) is 0.0228. The molecule has 1 aliphatic heterocycles. The minimum atomic E-state index is -1.14. The molecule has 498 valence electrons. The molecule has 95 heavy (non-hydrogen) atoms. The van der Waals surface area contributed by atoms with E-state index < -0.39 is 47.6 Å². The molecule has 2 aromatic heterocycles. The molecule has 8 aromatic rings. The Labute approximate surface area is 559 Å². The minimum absolute atomic E-state index is 0.0610. The number of hydrogen-bond acceptors (Lipinski definition) is 14. The first-order chi connectivity index (χ1) is 46.1. The molecule has 9 rings (SSSR count). The van der Waals surface area contributed by atoms with Crippen LogP contribution in [0.1, 0.15) is 140 Å². The van der Waals surface area contributed by atoms with E-state index in [2.05, 4.69) is 39.1 Å². The predicted octanol–water partition coefficient (Wildman–Crippen LogP) is 15.9. The normalized spacial score (nSPS) is 13.3. The van der Waals surface area contributed by atoms with Crippen molar-refractivity contribution in [1.29, 1.82) is 0 Å². The number of aromatic nitrogens is 4. The summed E-state index contributed by atoms with van der Waals surface area (Å²) in [5.74, 6) is -0.135. The summed E-state index contributed by atoms with van der Waals surface area (Å²) in [6, 6.07) is 47.8. The number of carbonyl (C=O) groups is 5. The number of rotatable bonds is 32. The molecule has 17 nitrogen and oxygen atoms in total. The van der Waals surface area contributed by atoms with Gasteiger partial charge in [-0.3, -0.25) is 9.59 Å². The number of likely N-dealkylation sites (tertiary alicyclic amines) is 1. The van der Waals surface area contributed by atoms with E-state index in [0.29, 0.717) is 37.5 Å². The van der Waals surface area contributed by atoms with Crippen LogP contribution >= 0.6 is 0 Å². The summed E-state index contributed by atoms with van der Waals surface area (Å²) in [5, 5.41) is 12.0. The standard InChI is InChI=1S/C44H53N3O6.C34H37N3O5/c1-5-6-7-8-12-26-51-38-23-21-34(22-24-38)37-29-45-41(46-30-37)35-19-17-32(18-20-35)27-36(28-40(48)52-31-33-14-10-9-11-15-33)42(49)47-25-13-16-39(47)43(50)53-44(2,3)4;1-2-3-4-5-9-20-41-30-18-16-27(17-19-30)29-22-35-32(36-23-29)28-14-12-25(13-15-28)21-31(33(38)39)37-34(40)42-24-26-10-7-6-8-11-26/h9-11,14-15,17-24,29-30,36,39H,5-8,12-13,16,25-28,31H2,1-4H3;6-8,10-19,22-23,31H,2-5,9,20-21,24H2,1H3,(H,37,40)(H,38,39)/t36-,39+;31-/m10/s1. The third-order valence-corrected chi connectivity index (χ3v) is 16.1. The van der Waals surface area contributed by atoms with Crippen LogP contribution in [0, 0.1) is 5.92 Å². The van der Waals surface area contributed by atoms with Crippen molar-refractivity contribution in [2.24, 2.45) is 5.92 Å². The largest absolute Gasteiger partial charge is 0.494 e. The van der Waals surface area contributed by atoms with Gasteiger partial charge in [0.05, 0.1) is 25.6 Å². The number of amides is 2. The number of carbonyl (C=O) groups excluding carboxylic acids is 4. The molecule has 0 unspecified atom stereocenters. The van der Waals surface area contributed by atoms with Crippen LogP contribution in [0.2, 0.25) is 0 Å². The summed E-state index contributed by atoms with van der Waals surface area (Å²) in [6.45, 7) is 11.9. The van der Waals surface area contributed by atoms with Crippen molar-refractivity contribution in [3.05, 3.63) is 205 Å². The van der Waals surface area contributed by atoms with E-state index in [4.69, 9.17) is 23.7 Å². The van der Waals surface area contributed by atoms with Crippen molar-refractivity contribution < 1.29 is 52.8 Å². The molecule has 0 spiro atoms. The van der Waals surface area contributed by atoms with Gasteiger partial charge in [0.2, 0.25) is 5.91 Å². The van der Waals surface area contributed by atoms with Crippen molar-refractivity contribution in [1.82, 2.24) is 30.2 Å². The highest BCUT2D eigenvalue weighted by Gasteiger charge is 2.40. The Morgan fingerprint density at radius 3 is 1.42 bits per heavy atom. The number of ether oxygens (including phenoxy) is 5. The molecule has 0 saturated carbocycles. The van der Waals surface area contributed by atoms with Crippen LogP contribution in [0.3, 0.4) is 0 Å². The van der Waals surface area contributed by atoms with Gasteiger partial charge in [0.25, 0.3) is 0 Å². The lowest BCUT2D eigenvalue weighted by molar-refractivity contribution is -0.164. The monoisotopic (exact) mass is 1290 g/mol. The van der Waals surface area contributed by atoms with E-state index in [9.17, 15) is 29.1 Å². The summed E-state index contributed by atoms with van der Waals surface area (Å²) in [4.78, 5) is 84.1. The molecule has 3 atom stereocenters. The summed E-state index contributed by atoms with van der Waals surface area (Å²) >= 11 is 0. The highest BCUT2D eigenvalue weighted by atomic mass is 16.6. The van der Waals surface area contributed by atoms with E-state index in [-0.39, 0.29) is 32.0 Å². The van der Waals surface area contributed by atoms with Crippen molar-refractivity contribution in [3.8, 4) is 56.5 Å². The molecule has 6 aromatic carbocycles. The number of nitrogens with one attached hydrogen (secondary N) is 1. The molecule has 0 aliphatic carbocycles. The lowest BCUT2D eigenvalue weighted by atomic mass is 9.93. The molecule has 1 saturated heterocycles. The second kappa shape index (κ2) is 37.2. The van der Waals surface area contributed by atoms with Crippen molar-refractivity contribution in [2.45, 2.75) is 162 Å². The maximum atomic E-state index is 14.1. The van der Waals surface area contributed by atoms with Gasteiger partial charge in [-0.1, -0.05) is 199 Å². The number of carboxylic acids is 1. The van der Waals surface area contributed by atoms with Crippen LogP contribution in [-0.4, -0.2) is 97.3 Å². The van der Waals surface area contributed by atoms with Gasteiger partial charge in [0.1, 0.15) is 42.4 Å². The molecule has 3 heterocycles. The van der Waals surface area contributed by atoms with Gasteiger partial charge < -0.3 is 39.0 Å². The highest BCUT2D eigenvalue weighted by molar-refractivity contribution is 5.89. The number of esters is 2. The molecule has 17 heteroatoms. The Hall–Kier alpha value is -9.77. The van der Waals surface area contributed by atoms with E-state index in [1.165, 1.54) is 51.4 Å². The maximum Gasteiger partial charge on any atom is 0.408 e. The Morgan fingerprint density at radius 1 is 0.526 bits per heavy atom. The SMILES string of the molecule is CCCCCCCOc1ccc(-c2cnc(-c3ccc(C[C@H](CC(=O)OCc4ccccc4)C(=O)N4CCC[C@H]4C(=O)OC(C)(C)C)cc3)nc2)cc1.CCCCCCCOc1ccc(-c2cnc(-c3ccc(C[C@H](NC(=O)OCc4ccccc4)C(=O)O)cc3)nc2)cc1. The van der Waals surface area contributed by atoms with E-state index in [1.54, 1.807) is 17.3 Å². The molecule has 2 N–H and O–H groups in total. The Morgan fingerprint density at radius 2 is 0.968 bits per heavy atom. The van der Waals surface area contributed by atoms with E-state index in [0.717, 1.165) is 93.2 Å². The van der Waals surface area contributed by atoms with Crippen LogP contribution in [0.25, 0.3) is 45.0 Å². The summed E-state index contributed by atoms with van der Waals surface area (Å²) in [6.07, 6.45) is 20.0. The second-order valence-corrected chi connectivity index (χ2v) is 24.8. The number of hydrogen-bond donors (Lipinski definition) is 2. The van der Waals surface area contributed by atoms with Crippen LogP contribution in [-0.2, 0) is 59.4 Å². The molecule has 1 fully saturated rings. The topological polar surface area (TPSA) is 219 Å². The molecule has 2 amide bonds. The molecular formula is C78H90N6O11. The van der Waals surface area contributed by atoms with Gasteiger partial charge in [0.15, 0.2) is 11.6 Å². The van der Waals surface area contributed by atoms with Gasteiger partial charge in [-0.2, -0.15) is 0 Å². The van der Waals surface area contributed by atoms with Gasteiger partial charge in [0, 0.05) is 60.0 Å². The average molecular weight is 1290 g/mol. The molecule has 1 aliphatic rings. The third-order valence-electron chi connectivity index (χ3n) is 16.1. The van der Waals surface area contributed by atoms with E-state index in [1.807, 2.05) is 191 Å². The Kier molecular flexibility index (Phi) is 27.8. The average Bonchev–Trinajstić information content (AvgIpc) is 1.82. The maximum absolute atomic E-state index is 14.1. The van der Waals surface area contributed by atoms with Gasteiger partial charge in [-0.05, 0) is 111 Å². The second-order valence-electron chi connectivity index (χ2n) is 24.8. The number of benzene rings is 6. The minimum Gasteiger partial charge on any atom is -0.494 e. The number of nitrogens with zero attached hydrogens (tertiary/aromatic N) is 5. The smallest absolute Gasteiger partial charge is 0.408 e. The van der Waals surface area contributed by atoms with Crippen molar-refractivity contribution in [2.75, 3.05) is 19.8 Å². The number of unbranched alkanes of at least 4 members (excludes halogenated alkanes) is 8. The Bertz CT molecular complexity index is 3630. The van der Waals surface area contributed by atoms with Crippen LogP contribution in [0.5, 0.6) is 11.5 Å². The van der Waals surface area contributed by atoms with Crippen LogP contribution in [0.15, 0.2) is 183 Å². The summed E-state index contributed by atoms with van der Waals surface area (Å²) < 4.78 is 28.2. The summed E-state index contributed by atoms with van der Waals surface area (Å²) in [5.41, 5.74) is 8.07. The zero-order valence-electron chi connectivity index (χ0n) is 55.5. The predicted molar refractivity (Wildman–Crippen MR) is 368 cm³/mol. The van der Waals surface area contributed by atoms with Gasteiger partial charge >= 0.3 is 24.0 Å². The fourth-order valence-electron chi connectivity index (χ4n) is 10.9. The van der Waals surface area contributed by atoms with E-state index >= 15 is 0 Å². The number of alkyl carbamates (subject to hydrolysis) is 1. The molecule has 0 bridgehead atoms. The first kappa shape index (κ1) is 71.1. The molecule has 0 radical (unpaired) electrons. The zero-order chi connectivity index (χ0) is 67.2. The van der Waals surface area contributed by atoms with Gasteiger partial charge in [-0.25, -0.2) is 34.3 Å². The van der Waals surface area contributed by atoms with Crippen molar-refractivity contribution >= 4 is 29.9 Å². The lowest BCUT2D eigenvalue weighted by Gasteiger charge is -2.30. The first-order valence-electron chi connectivity index (χ1n) is 33.3. The fraction of sp³-hybridized carbons (Fsp3) is 0.372. The molecular weight excluding hydrogens is 1200 g/mol.